The van der Waals surface area contributed by atoms with Gasteiger partial charge in [-0.3, -0.25) is 0 Å². The number of hydrogen-bond acceptors (Lipinski definition) is 0. The van der Waals surface area contributed by atoms with Gasteiger partial charge in [0.2, 0.25) is 0 Å². The van der Waals surface area contributed by atoms with Crippen molar-refractivity contribution in [1.82, 2.24) is 0 Å². The molecule has 2 rings (SSSR count). The molecule has 0 spiro atoms. The topological polar surface area (TPSA) is 0 Å². The molecule has 1 heteroatoms. The summed E-state index contributed by atoms with van der Waals surface area (Å²) in [5.41, 5.74) is 1.50. The highest BCUT2D eigenvalue weighted by atomic mass is 79.9. The first-order valence-corrected chi connectivity index (χ1v) is 9.90. The van der Waals surface area contributed by atoms with Gasteiger partial charge in [-0.2, -0.15) is 0 Å². The Morgan fingerprint density at radius 2 is 1.82 bits per heavy atom. The van der Waals surface area contributed by atoms with Crippen LogP contribution in [0.25, 0.3) is 0 Å². The smallest absolute Gasteiger partial charge is 0.0175 e. The molecule has 122 valence electrons. The molecule has 1 aromatic carbocycles. The summed E-state index contributed by atoms with van der Waals surface area (Å²) in [4.78, 5) is 0. The maximum atomic E-state index is 3.99. The molecule has 0 heterocycles. The van der Waals surface area contributed by atoms with Crippen LogP contribution in [0.4, 0.5) is 0 Å². The van der Waals surface area contributed by atoms with Crippen LogP contribution in [0.5, 0.6) is 0 Å². The molecule has 0 amide bonds. The van der Waals surface area contributed by atoms with E-state index in [-0.39, 0.29) is 0 Å². The highest BCUT2D eigenvalue weighted by molar-refractivity contribution is 9.10. The lowest BCUT2D eigenvalue weighted by atomic mass is 9.71. The van der Waals surface area contributed by atoms with Crippen LogP contribution in [0, 0.1) is 11.8 Å². The van der Waals surface area contributed by atoms with Gasteiger partial charge in [-0.15, -0.1) is 6.58 Å². The van der Waals surface area contributed by atoms with E-state index in [2.05, 4.69) is 59.8 Å². The van der Waals surface area contributed by atoms with Crippen molar-refractivity contribution >= 4 is 15.9 Å². The van der Waals surface area contributed by atoms with Gasteiger partial charge in [-0.1, -0.05) is 79.6 Å². The summed E-state index contributed by atoms with van der Waals surface area (Å²) >= 11 is 3.55. The summed E-state index contributed by atoms with van der Waals surface area (Å²) < 4.78 is 1.17. The number of halogens is 1. The van der Waals surface area contributed by atoms with Crippen molar-refractivity contribution in [2.75, 3.05) is 0 Å². The molecule has 1 aliphatic carbocycles. The van der Waals surface area contributed by atoms with Crippen molar-refractivity contribution in [3.63, 3.8) is 0 Å². The third-order valence-corrected chi connectivity index (χ3v) is 5.92. The second kappa shape index (κ2) is 9.55. The van der Waals surface area contributed by atoms with Crippen LogP contribution in [0.3, 0.4) is 0 Å². The fraction of sp³-hybridized carbons (Fsp3) is 0.619. The average molecular weight is 363 g/mol. The zero-order valence-corrected chi connectivity index (χ0v) is 15.7. The van der Waals surface area contributed by atoms with Crippen LogP contribution in [0.15, 0.2) is 41.4 Å². The Labute approximate surface area is 145 Å². The molecule has 1 fully saturated rings. The minimum Gasteiger partial charge on any atom is -0.103 e. The second-order valence-corrected chi connectivity index (χ2v) is 7.87. The fourth-order valence-electron chi connectivity index (χ4n) is 4.05. The first-order chi connectivity index (χ1) is 10.7. The number of benzene rings is 1. The number of rotatable bonds is 8. The predicted octanol–water partition coefficient (Wildman–Crippen LogP) is 7.50. The van der Waals surface area contributed by atoms with Crippen LogP contribution in [-0.2, 0) is 0 Å². The Bertz CT molecular complexity index is 426. The Kier molecular flexibility index (Phi) is 7.72. The van der Waals surface area contributed by atoms with Gasteiger partial charge < -0.3 is 0 Å². The minimum absolute atomic E-state index is 0.669. The molecule has 1 atom stereocenters. The number of unbranched alkanes of at least 4 members (excludes halogenated alkanes) is 2. The van der Waals surface area contributed by atoms with Gasteiger partial charge in [-0.25, -0.2) is 0 Å². The summed E-state index contributed by atoms with van der Waals surface area (Å²) in [5, 5.41) is 0. The lowest BCUT2D eigenvalue weighted by Gasteiger charge is -2.34. The molecule has 22 heavy (non-hydrogen) atoms. The van der Waals surface area contributed by atoms with E-state index in [1.54, 1.807) is 0 Å². The van der Waals surface area contributed by atoms with E-state index in [9.17, 15) is 0 Å². The summed E-state index contributed by atoms with van der Waals surface area (Å²) in [5.74, 6) is 2.51. The van der Waals surface area contributed by atoms with Crippen molar-refractivity contribution in [2.45, 2.75) is 70.6 Å². The molecule has 0 radical (unpaired) electrons. The van der Waals surface area contributed by atoms with Crippen molar-refractivity contribution in [3.8, 4) is 0 Å². The summed E-state index contributed by atoms with van der Waals surface area (Å²) in [6.07, 6.45) is 14.6. The van der Waals surface area contributed by atoms with Gasteiger partial charge in [0.25, 0.3) is 0 Å². The quantitative estimate of drug-likeness (QED) is 0.331. The zero-order valence-electron chi connectivity index (χ0n) is 14.1. The molecule has 0 bridgehead atoms. The Hall–Kier alpha value is -0.560. The molecule has 1 saturated carbocycles. The molecule has 0 N–H and O–H groups in total. The van der Waals surface area contributed by atoms with Crippen molar-refractivity contribution in [1.29, 1.82) is 0 Å². The molecule has 0 saturated heterocycles. The first-order valence-electron chi connectivity index (χ1n) is 9.11. The van der Waals surface area contributed by atoms with E-state index in [1.807, 2.05) is 0 Å². The van der Waals surface area contributed by atoms with Crippen LogP contribution in [-0.4, -0.2) is 0 Å². The molecule has 0 nitrogen and oxygen atoms in total. The Morgan fingerprint density at radius 1 is 1.14 bits per heavy atom. The SMILES string of the molecule is C=CCC(c1ccc(Br)cc1)C1CCC(CCCCC)CC1. The van der Waals surface area contributed by atoms with Gasteiger partial charge in [0.05, 0.1) is 0 Å². The van der Waals surface area contributed by atoms with E-state index in [1.165, 1.54) is 61.4 Å². The minimum atomic E-state index is 0.669. The van der Waals surface area contributed by atoms with E-state index in [4.69, 9.17) is 0 Å². The first kappa shape index (κ1) is 17.8. The standard InChI is InChI=1S/C21H31Br/c1-3-5-6-8-17-9-11-18(12-10-17)21(7-4-2)19-13-15-20(22)16-14-19/h4,13-18,21H,2-3,5-12H2,1H3. The highest BCUT2D eigenvalue weighted by Crippen LogP contribution is 2.41. The summed E-state index contributed by atoms with van der Waals surface area (Å²) in [7, 11) is 0. The molecule has 0 aromatic heterocycles. The van der Waals surface area contributed by atoms with Crippen LogP contribution in [0.1, 0.15) is 76.2 Å². The van der Waals surface area contributed by atoms with Gasteiger partial charge in [0, 0.05) is 4.47 Å². The Balaban J connectivity index is 1.91. The van der Waals surface area contributed by atoms with Crippen molar-refractivity contribution < 1.29 is 0 Å². The predicted molar refractivity (Wildman–Crippen MR) is 101 cm³/mol. The number of allylic oxidation sites excluding steroid dienone is 1. The molecule has 0 aliphatic heterocycles. The summed E-state index contributed by atoms with van der Waals surface area (Å²) in [6, 6.07) is 8.96. The number of hydrogen-bond donors (Lipinski definition) is 0. The molecule has 1 unspecified atom stereocenters. The summed E-state index contributed by atoms with van der Waals surface area (Å²) in [6.45, 7) is 6.29. The van der Waals surface area contributed by atoms with Crippen molar-refractivity contribution in [3.05, 3.63) is 47.0 Å². The Morgan fingerprint density at radius 3 is 2.41 bits per heavy atom. The van der Waals surface area contributed by atoms with Crippen LogP contribution >= 0.6 is 15.9 Å². The molecular weight excluding hydrogens is 332 g/mol. The second-order valence-electron chi connectivity index (χ2n) is 6.96. The third-order valence-electron chi connectivity index (χ3n) is 5.40. The van der Waals surface area contributed by atoms with Gasteiger partial charge in [-0.05, 0) is 54.7 Å². The molecular formula is C21H31Br. The fourth-order valence-corrected chi connectivity index (χ4v) is 4.32. The lowest BCUT2D eigenvalue weighted by molar-refractivity contribution is 0.230. The van der Waals surface area contributed by atoms with Gasteiger partial charge >= 0.3 is 0 Å². The molecule has 1 aromatic rings. The van der Waals surface area contributed by atoms with Crippen molar-refractivity contribution in [2.24, 2.45) is 11.8 Å². The zero-order chi connectivity index (χ0) is 15.8. The maximum Gasteiger partial charge on any atom is 0.0175 e. The average Bonchev–Trinajstić information content (AvgIpc) is 2.55. The third kappa shape index (κ3) is 5.26. The largest absolute Gasteiger partial charge is 0.103 e. The van der Waals surface area contributed by atoms with Crippen LogP contribution < -0.4 is 0 Å². The van der Waals surface area contributed by atoms with E-state index >= 15 is 0 Å². The monoisotopic (exact) mass is 362 g/mol. The maximum absolute atomic E-state index is 3.99. The van der Waals surface area contributed by atoms with Crippen LogP contribution in [0.2, 0.25) is 0 Å². The van der Waals surface area contributed by atoms with E-state index in [0.717, 1.165) is 18.3 Å². The van der Waals surface area contributed by atoms with Gasteiger partial charge in [0.15, 0.2) is 0 Å². The van der Waals surface area contributed by atoms with Gasteiger partial charge in [0.1, 0.15) is 0 Å². The lowest BCUT2D eigenvalue weighted by Crippen LogP contribution is -2.20. The normalized spacial score (nSPS) is 23.2. The highest BCUT2D eigenvalue weighted by Gasteiger charge is 2.27. The van der Waals surface area contributed by atoms with E-state index < -0.39 is 0 Å². The molecule has 1 aliphatic rings. The van der Waals surface area contributed by atoms with E-state index in [0.29, 0.717) is 5.92 Å².